The number of hydrogen-bond acceptors (Lipinski definition) is 7. The molecular formula is C29H41BrN4O6. The fraction of sp³-hybridized carbons (Fsp3) is 0.483. The number of piperazine rings is 2. The lowest BCUT2D eigenvalue weighted by molar-refractivity contribution is 0.0228. The Hall–Kier alpha value is -2.99. The van der Waals surface area contributed by atoms with Crippen molar-refractivity contribution in [3.8, 4) is 0 Å². The summed E-state index contributed by atoms with van der Waals surface area (Å²) in [6, 6.07) is 13.9. The van der Waals surface area contributed by atoms with E-state index in [2.05, 4.69) is 31.5 Å². The SMILES string of the molecule is CC(C)(C)OC(=O)N1CCNCC1.O=C(O)c1ccc(CBr)cc1.O=C(O)c1ccc(CN2CCNCC2)cc1. The van der Waals surface area contributed by atoms with Gasteiger partial charge in [-0.2, -0.15) is 0 Å². The van der Waals surface area contributed by atoms with Crippen LogP contribution in [0.5, 0.6) is 0 Å². The van der Waals surface area contributed by atoms with E-state index in [9.17, 15) is 14.4 Å². The standard InChI is InChI=1S/C12H16N2O2.C9H18N2O2.C8H7BrO2/c15-12(16)11-3-1-10(2-4-11)9-14-7-5-13-6-8-14;1-9(2,3)13-8(12)11-6-4-10-5-7-11;9-5-6-1-3-7(4-2-6)8(10)11/h1-4,13H,5-9H2,(H,15,16);10H,4-7H2,1-3H3;1-4H,5H2,(H,10,11). The molecule has 0 bridgehead atoms. The fourth-order valence-electron chi connectivity index (χ4n) is 3.79. The van der Waals surface area contributed by atoms with Crippen molar-refractivity contribution in [2.24, 2.45) is 0 Å². The third-order valence-electron chi connectivity index (χ3n) is 5.94. The summed E-state index contributed by atoms with van der Waals surface area (Å²) in [6.07, 6.45) is -0.200. The Bertz CT molecular complexity index is 1060. The van der Waals surface area contributed by atoms with Crippen LogP contribution >= 0.6 is 15.9 Å². The van der Waals surface area contributed by atoms with Gasteiger partial charge in [0.05, 0.1) is 11.1 Å². The highest BCUT2D eigenvalue weighted by atomic mass is 79.9. The number of rotatable bonds is 5. The zero-order valence-electron chi connectivity index (χ0n) is 23.5. The maximum Gasteiger partial charge on any atom is 0.410 e. The molecule has 10 nitrogen and oxygen atoms in total. The highest BCUT2D eigenvalue weighted by Crippen LogP contribution is 2.11. The van der Waals surface area contributed by atoms with Gasteiger partial charge in [0.15, 0.2) is 0 Å². The van der Waals surface area contributed by atoms with Gasteiger partial charge in [0.25, 0.3) is 0 Å². The van der Waals surface area contributed by atoms with E-state index in [0.29, 0.717) is 11.1 Å². The summed E-state index contributed by atoms with van der Waals surface area (Å²) in [5.74, 6) is -1.75. The molecule has 2 aliphatic heterocycles. The van der Waals surface area contributed by atoms with Gasteiger partial charge in [-0.15, -0.1) is 0 Å². The van der Waals surface area contributed by atoms with Crippen molar-refractivity contribution >= 4 is 34.0 Å². The second-order valence-electron chi connectivity index (χ2n) is 10.4. The average Bonchev–Trinajstić information content (AvgIpc) is 2.94. The molecule has 0 radical (unpaired) electrons. The molecule has 2 aromatic carbocycles. The Morgan fingerprint density at radius 3 is 1.60 bits per heavy atom. The van der Waals surface area contributed by atoms with Crippen LogP contribution in [0.15, 0.2) is 48.5 Å². The van der Waals surface area contributed by atoms with Crippen LogP contribution in [0.4, 0.5) is 4.79 Å². The molecule has 2 aliphatic rings. The molecule has 2 saturated heterocycles. The first-order valence-electron chi connectivity index (χ1n) is 13.3. The summed E-state index contributed by atoms with van der Waals surface area (Å²) in [5, 5.41) is 24.6. The molecule has 0 spiro atoms. The number of ether oxygens (including phenoxy) is 1. The predicted molar refractivity (Wildman–Crippen MR) is 158 cm³/mol. The number of aromatic carboxylic acids is 2. The van der Waals surface area contributed by atoms with Crippen LogP contribution in [0, 0.1) is 0 Å². The van der Waals surface area contributed by atoms with Crippen molar-refractivity contribution in [1.29, 1.82) is 0 Å². The molecule has 2 fully saturated rings. The minimum absolute atomic E-state index is 0.200. The molecule has 0 aliphatic carbocycles. The molecule has 0 atom stereocenters. The van der Waals surface area contributed by atoms with Crippen LogP contribution in [0.2, 0.25) is 0 Å². The maximum absolute atomic E-state index is 11.5. The van der Waals surface area contributed by atoms with Gasteiger partial charge in [-0.1, -0.05) is 40.2 Å². The van der Waals surface area contributed by atoms with Crippen LogP contribution in [0.3, 0.4) is 0 Å². The zero-order chi connectivity index (χ0) is 29.5. The number of benzene rings is 2. The topological polar surface area (TPSA) is 131 Å². The van der Waals surface area contributed by atoms with Crippen molar-refractivity contribution in [3.63, 3.8) is 0 Å². The second kappa shape index (κ2) is 17.0. The van der Waals surface area contributed by atoms with Crippen LogP contribution in [-0.2, 0) is 16.6 Å². The first kappa shape index (κ1) is 33.2. The van der Waals surface area contributed by atoms with Gasteiger partial charge in [-0.05, 0) is 56.2 Å². The average molecular weight is 622 g/mol. The van der Waals surface area contributed by atoms with E-state index < -0.39 is 11.9 Å². The molecule has 40 heavy (non-hydrogen) atoms. The number of alkyl halides is 1. The quantitative estimate of drug-likeness (QED) is 0.367. The summed E-state index contributed by atoms with van der Waals surface area (Å²) >= 11 is 3.27. The van der Waals surface area contributed by atoms with E-state index in [-0.39, 0.29) is 11.7 Å². The van der Waals surface area contributed by atoms with Crippen LogP contribution < -0.4 is 10.6 Å². The molecule has 1 amide bonds. The van der Waals surface area contributed by atoms with E-state index in [4.69, 9.17) is 14.9 Å². The smallest absolute Gasteiger partial charge is 0.410 e. The number of carboxylic acids is 2. The lowest BCUT2D eigenvalue weighted by Gasteiger charge is -2.30. The Kier molecular flexibility index (Phi) is 14.1. The molecule has 4 N–H and O–H groups in total. The highest BCUT2D eigenvalue weighted by molar-refractivity contribution is 9.08. The molecule has 4 rings (SSSR count). The number of carbonyl (C=O) groups is 3. The summed E-state index contributed by atoms with van der Waals surface area (Å²) < 4.78 is 5.24. The zero-order valence-corrected chi connectivity index (χ0v) is 25.1. The van der Waals surface area contributed by atoms with Gasteiger partial charge in [0.2, 0.25) is 0 Å². The van der Waals surface area contributed by atoms with Crippen molar-refractivity contribution < 1.29 is 29.3 Å². The molecule has 11 heteroatoms. The van der Waals surface area contributed by atoms with Crippen molar-refractivity contribution in [1.82, 2.24) is 20.4 Å². The number of carbonyl (C=O) groups excluding carboxylic acids is 1. The van der Waals surface area contributed by atoms with Crippen molar-refractivity contribution in [2.45, 2.75) is 38.2 Å². The third-order valence-corrected chi connectivity index (χ3v) is 6.59. The second-order valence-corrected chi connectivity index (χ2v) is 10.9. The molecule has 220 valence electrons. The monoisotopic (exact) mass is 620 g/mol. The van der Waals surface area contributed by atoms with Gasteiger partial charge < -0.3 is 30.5 Å². The Balaban J connectivity index is 0.000000214. The van der Waals surface area contributed by atoms with Gasteiger partial charge in [-0.25, -0.2) is 14.4 Å². The normalized spacial score (nSPS) is 15.6. The largest absolute Gasteiger partial charge is 0.478 e. The van der Waals surface area contributed by atoms with Crippen molar-refractivity contribution in [3.05, 3.63) is 70.8 Å². The molecule has 0 saturated carbocycles. The predicted octanol–water partition coefficient (Wildman–Crippen LogP) is 3.90. The van der Waals surface area contributed by atoms with Gasteiger partial charge >= 0.3 is 18.0 Å². The van der Waals surface area contributed by atoms with E-state index >= 15 is 0 Å². The lowest BCUT2D eigenvalue weighted by atomic mass is 10.1. The molecular weight excluding hydrogens is 580 g/mol. The number of nitrogens with zero attached hydrogens (tertiary/aromatic N) is 2. The number of carboxylic acid groups (broad SMARTS) is 2. The molecule has 2 heterocycles. The van der Waals surface area contributed by atoms with E-state index in [0.717, 1.165) is 69.8 Å². The molecule has 0 unspecified atom stereocenters. The van der Waals surface area contributed by atoms with Crippen LogP contribution in [-0.4, -0.2) is 96.0 Å². The minimum Gasteiger partial charge on any atom is -0.478 e. The number of hydrogen-bond donors (Lipinski definition) is 4. The Labute approximate surface area is 244 Å². The lowest BCUT2D eigenvalue weighted by Crippen LogP contribution is -2.48. The van der Waals surface area contributed by atoms with Crippen LogP contribution in [0.1, 0.15) is 52.6 Å². The maximum atomic E-state index is 11.5. The number of halogens is 1. The van der Waals surface area contributed by atoms with Crippen LogP contribution in [0.25, 0.3) is 0 Å². The van der Waals surface area contributed by atoms with Gasteiger partial charge in [0, 0.05) is 64.2 Å². The summed E-state index contributed by atoms with van der Waals surface area (Å²) in [6.45, 7) is 13.9. The summed E-state index contributed by atoms with van der Waals surface area (Å²) in [4.78, 5) is 36.7. The number of nitrogens with one attached hydrogen (secondary N) is 2. The summed E-state index contributed by atoms with van der Waals surface area (Å²) in [7, 11) is 0. The highest BCUT2D eigenvalue weighted by Gasteiger charge is 2.22. The molecule has 2 aromatic rings. The minimum atomic E-state index is -0.883. The van der Waals surface area contributed by atoms with Crippen molar-refractivity contribution in [2.75, 3.05) is 52.4 Å². The first-order valence-corrected chi connectivity index (χ1v) is 14.4. The van der Waals surface area contributed by atoms with Gasteiger partial charge in [-0.3, -0.25) is 4.90 Å². The third kappa shape index (κ3) is 12.9. The Morgan fingerprint density at radius 2 is 1.20 bits per heavy atom. The van der Waals surface area contributed by atoms with E-state index in [1.54, 1.807) is 41.3 Å². The fourth-order valence-corrected chi connectivity index (χ4v) is 4.16. The molecule has 0 aromatic heterocycles. The van der Waals surface area contributed by atoms with E-state index in [1.807, 2.05) is 32.9 Å². The first-order chi connectivity index (χ1) is 19.0. The Morgan fingerprint density at radius 1 is 0.775 bits per heavy atom. The number of amides is 1. The summed E-state index contributed by atoms with van der Waals surface area (Å²) in [5.41, 5.74) is 2.54. The van der Waals surface area contributed by atoms with Gasteiger partial charge in [0.1, 0.15) is 5.60 Å². The van der Waals surface area contributed by atoms with E-state index in [1.165, 1.54) is 5.56 Å².